The van der Waals surface area contributed by atoms with E-state index in [1.165, 1.54) is 12.2 Å². The average molecular weight is 108 g/mol. The molecular weight excluding hydrogens is 100 g/mol. The predicted octanol–water partition coefficient (Wildman–Crippen LogP) is 1.97. The molecule has 0 aromatic rings. The Bertz CT molecular complexity index is 12.4. The van der Waals surface area contributed by atoms with E-state index in [9.17, 15) is 0 Å². The van der Waals surface area contributed by atoms with Gasteiger partial charge < -0.3 is 0 Å². The molecule has 0 heterocycles. The summed E-state index contributed by atoms with van der Waals surface area (Å²) in [6, 6.07) is 0. The summed E-state index contributed by atoms with van der Waals surface area (Å²) in [4.78, 5) is 0. The van der Waals surface area contributed by atoms with Crippen molar-refractivity contribution in [2.45, 2.75) is 13.3 Å². The quantitative estimate of drug-likeness (QED) is 0.417. The minimum absolute atomic E-state index is 1.17. The Morgan fingerprint density at radius 1 is 1.80 bits per heavy atom. The van der Waals surface area contributed by atoms with Crippen LogP contribution in [0.5, 0.6) is 0 Å². The first-order valence-corrected chi connectivity index (χ1v) is 3.72. The predicted molar refractivity (Wildman–Crippen MR) is 31.7 cm³/mol. The molecule has 0 aromatic carbocycles. The summed E-state index contributed by atoms with van der Waals surface area (Å²) in [7, 11) is 1.60. The van der Waals surface area contributed by atoms with Crippen molar-refractivity contribution in [1.82, 2.24) is 0 Å². The summed E-state index contributed by atoms with van der Waals surface area (Å²) in [6.45, 7) is 2.14. The third-order valence-corrected chi connectivity index (χ3v) is 1.43. The summed E-state index contributed by atoms with van der Waals surface area (Å²) in [5.41, 5.74) is 0. The average Bonchev–Trinajstić information content (AvgIpc) is 1.41. The Morgan fingerprint density at radius 3 is 2.40 bits per heavy atom. The van der Waals surface area contributed by atoms with E-state index in [1.807, 2.05) is 0 Å². The van der Waals surface area contributed by atoms with Crippen molar-refractivity contribution in [3.8, 4) is 0 Å². The lowest BCUT2D eigenvalue weighted by Crippen LogP contribution is -1.60. The minimum Gasteiger partial charge on any atom is -0.111 e. The van der Waals surface area contributed by atoms with E-state index in [1.54, 1.807) is 10.8 Å². The van der Waals surface area contributed by atoms with Crippen LogP contribution in [0.3, 0.4) is 0 Å². The topological polar surface area (TPSA) is 0 Å². The van der Waals surface area contributed by atoms with Crippen LogP contribution in [0.25, 0.3) is 0 Å². The highest BCUT2D eigenvalue weighted by Crippen LogP contribution is 2.04. The molecule has 0 rings (SSSR count). The molecule has 2 heteroatoms. The Labute approximate surface area is 42.1 Å². The highest BCUT2D eigenvalue weighted by Gasteiger charge is 1.69. The van der Waals surface area contributed by atoms with Gasteiger partial charge in [-0.05, 0) is 6.42 Å². The maximum Gasteiger partial charge on any atom is 0.00318 e. The standard InChI is InChI=1S/C3H8S2/c1-2-3-5-4/h4H,2-3H2,1H3. The van der Waals surface area contributed by atoms with Gasteiger partial charge in [0, 0.05) is 5.75 Å². The second kappa shape index (κ2) is 4.70. The summed E-state index contributed by atoms with van der Waals surface area (Å²) in [6.07, 6.45) is 1.23. The molecule has 0 aliphatic heterocycles. The first kappa shape index (κ1) is 5.70. The molecule has 0 bridgehead atoms. The van der Waals surface area contributed by atoms with Crippen LogP contribution in [0.1, 0.15) is 13.3 Å². The molecule has 0 aliphatic rings. The van der Waals surface area contributed by atoms with E-state index in [2.05, 4.69) is 18.6 Å². The summed E-state index contributed by atoms with van der Waals surface area (Å²) in [5.74, 6) is 1.17. The van der Waals surface area contributed by atoms with Gasteiger partial charge in [-0.1, -0.05) is 17.7 Å². The Kier molecular flexibility index (Phi) is 5.36. The summed E-state index contributed by atoms with van der Waals surface area (Å²) < 4.78 is 0. The maximum atomic E-state index is 3.92. The van der Waals surface area contributed by atoms with Crippen LogP contribution in [-0.4, -0.2) is 5.75 Å². The van der Waals surface area contributed by atoms with Gasteiger partial charge in [0.25, 0.3) is 0 Å². The molecule has 0 amide bonds. The van der Waals surface area contributed by atoms with Gasteiger partial charge in [-0.2, -0.15) is 0 Å². The van der Waals surface area contributed by atoms with Gasteiger partial charge in [-0.15, -0.1) is 11.7 Å². The lowest BCUT2D eigenvalue weighted by molar-refractivity contribution is 1.11. The fourth-order valence-corrected chi connectivity index (χ4v) is 0.822. The maximum absolute atomic E-state index is 3.92. The zero-order valence-corrected chi connectivity index (χ0v) is 4.98. The third-order valence-electron chi connectivity index (χ3n) is 0.295. The molecule has 32 valence electrons. The molecule has 0 spiro atoms. The summed E-state index contributed by atoms with van der Waals surface area (Å²) in [5, 5.41) is 0. The molecule has 0 radical (unpaired) electrons. The molecule has 0 N–H and O–H groups in total. The third kappa shape index (κ3) is 4.70. The lowest BCUT2D eigenvalue weighted by atomic mass is 10.6. The van der Waals surface area contributed by atoms with Gasteiger partial charge in [-0.25, -0.2) is 0 Å². The van der Waals surface area contributed by atoms with Gasteiger partial charge in [0.2, 0.25) is 0 Å². The smallest absolute Gasteiger partial charge is 0.00318 e. The number of thiol groups is 1. The monoisotopic (exact) mass is 108 g/mol. The van der Waals surface area contributed by atoms with Crippen molar-refractivity contribution in [3.63, 3.8) is 0 Å². The van der Waals surface area contributed by atoms with Crippen molar-refractivity contribution in [3.05, 3.63) is 0 Å². The van der Waals surface area contributed by atoms with Gasteiger partial charge in [0.1, 0.15) is 0 Å². The van der Waals surface area contributed by atoms with Crippen molar-refractivity contribution < 1.29 is 0 Å². The Morgan fingerprint density at radius 2 is 2.40 bits per heavy atom. The summed E-state index contributed by atoms with van der Waals surface area (Å²) >= 11 is 3.92. The largest absolute Gasteiger partial charge is 0.111 e. The Hall–Kier alpha value is 0.700. The van der Waals surface area contributed by atoms with Crippen LogP contribution in [-0.2, 0) is 0 Å². The van der Waals surface area contributed by atoms with Crippen molar-refractivity contribution in [2.75, 3.05) is 5.75 Å². The molecule has 0 aliphatic carbocycles. The second-order valence-electron chi connectivity index (χ2n) is 0.833. The van der Waals surface area contributed by atoms with E-state index >= 15 is 0 Å². The van der Waals surface area contributed by atoms with E-state index in [4.69, 9.17) is 0 Å². The fourth-order valence-electron chi connectivity index (χ4n) is 0.0913. The molecule has 0 saturated carbocycles. The van der Waals surface area contributed by atoms with Crippen LogP contribution in [0.15, 0.2) is 0 Å². The molecular formula is C3H8S2. The van der Waals surface area contributed by atoms with Gasteiger partial charge >= 0.3 is 0 Å². The molecule has 0 unspecified atom stereocenters. The zero-order valence-electron chi connectivity index (χ0n) is 3.27. The van der Waals surface area contributed by atoms with Crippen molar-refractivity contribution >= 4 is 22.5 Å². The van der Waals surface area contributed by atoms with Crippen LogP contribution in [0.4, 0.5) is 0 Å². The van der Waals surface area contributed by atoms with Crippen LogP contribution >= 0.6 is 22.5 Å². The van der Waals surface area contributed by atoms with Gasteiger partial charge in [-0.3, -0.25) is 0 Å². The van der Waals surface area contributed by atoms with Crippen LogP contribution in [0, 0.1) is 0 Å². The van der Waals surface area contributed by atoms with Crippen LogP contribution in [0.2, 0.25) is 0 Å². The molecule has 0 fully saturated rings. The van der Waals surface area contributed by atoms with Gasteiger partial charge in [0.15, 0.2) is 0 Å². The SMILES string of the molecule is CCCSS. The molecule has 5 heavy (non-hydrogen) atoms. The highest BCUT2D eigenvalue weighted by molar-refractivity contribution is 8.68. The molecule has 0 saturated heterocycles. The zero-order chi connectivity index (χ0) is 4.12. The number of rotatable bonds is 2. The molecule has 0 aromatic heterocycles. The number of hydrogen-bond donors (Lipinski definition) is 1. The Balaban J connectivity index is 2.19. The lowest BCUT2D eigenvalue weighted by Gasteiger charge is -1.78. The minimum atomic E-state index is 1.17. The van der Waals surface area contributed by atoms with Crippen molar-refractivity contribution in [1.29, 1.82) is 0 Å². The van der Waals surface area contributed by atoms with Crippen LogP contribution < -0.4 is 0 Å². The van der Waals surface area contributed by atoms with E-state index in [0.717, 1.165) is 0 Å². The number of hydrogen-bond acceptors (Lipinski definition) is 2. The van der Waals surface area contributed by atoms with Gasteiger partial charge in [0.05, 0.1) is 0 Å². The van der Waals surface area contributed by atoms with E-state index < -0.39 is 0 Å². The van der Waals surface area contributed by atoms with E-state index in [0.29, 0.717) is 0 Å². The van der Waals surface area contributed by atoms with Crippen molar-refractivity contribution in [2.24, 2.45) is 0 Å². The first-order valence-electron chi connectivity index (χ1n) is 1.68. The van der Waals surface area contributed by atoms with E-state index in [-0.39, 0.29) is 0 Å². The highest BCUT2D eigenvalue weighted by atomic mass is 33.1. The molecule has 0 nitrogen and oxygen atoms in total. The molecule has 0 atom stereocenters. The second-order valence-corrected chi connectivity index (χ2v) is 2.27. The first-order chi connectivity index (χ1) is 2.41. The fraction of sp³-hybridized carbons (Fsp3) is 1.00. The normalized spacial score (nSPS) is 8.40.